The summed E-state index contributed by atoms with van der Waals surface area (Å²) in [6.45, 7) is 0.571. The minimum absolute atomic E-state index is 0.0300. The fourth-order valence-corrected chi connectivity index (χ4v) is 1.99. The number of fused-ring (bicyclic) bond motifs is 1. The second-order valence-corrected chi connectivity index (χ2v) is 3.80. The van der Waals surface area contributed by atoms with Gasteiger partial charge in [-0.25, -0.2) is 0 Å². The van der Waals surface area contributed by atoms with E-state index in [9.17, 15) is 5.11 Å². The fraction of sp³-hybridized carbons (Fsp3) is 0.333. The van der Waals surface area contributed by atoms with E-state index in [2.05, 4.69) is 22.8 Å². The Balaban J connectivity index is 2.57. The molecule has 0 aliphatic heterocycles. The number of aromatic nitrogens is 1. The van der Waals surface area contributed by atoms with Crippen molar-refractivity contribution in [1.82, 2.24) is 4.57 Å². The van der Waals surface area contributed by atoms with Crippen molar-refractivity contribution >= 4 is 10.9 Å². The minimum atomic E-state index is 0.0300. The molecule has 0 saturated carbocycles. The first-order valence-electron chi connectivity index (χ1n) is 5.13. The van der Waals surface area contributed by atoms with Crippen LogP contribution in [-0.2, 0) is 7.05 Å². The van der Waals surface area contributed by atoms with E-state index in [1.165, 1.54) is 10.9 Å². The second-order valence-electron chi connectivity index (χ2n) is 3.80. The molecule has 80 valence electrons. The lowest BCUT2D eigenvalue weighted by Crippen LogP contribution is -2.18. The first-order chi connectivity index (χ1) is 7.27. The van der Waals surface area contributed by atoms with Crippen LogP contribution in [0.3, 0.4) is 0 Å². The number of nitrogens with zero attached hydrogens (tertiary/aromatic N) is 1. The van der Waals surface area contributed by atoms with Crippen molar-refractivity contribution in [1.29, 1.82) is 0 Å². The predicted molar refractivity (Wildman–Crippen MR) is 61.8 cm³/mol. The van der Waals surface area contributed by atoms with E-state index in [1.54, 1.807) is 0 Å². The van der Waals surface area contributed by atoms with Crippen LogP contribution in [0.5, 0.6) is 0 Å². The van der Waals surface area contributed by atoms with E-state index >= 15 is 0 Å². The summed E-state index contributed by atoms with van der Waals surface area (Å²) in [5, 5.41) is 10.4. The molecular weight excluding hydrogens is 188 g/mol. The molecular formula is C12H16N2O. The van der Waals surface area contributed by atoms with Crippen LogP contribution < -0.4 is 5.73 Å². The van der Waals surface area contributed by atoms with E-state index in [-0.39, 0.29) is 12.5 Å². The molecule has 3 N–H and O–H groups in total. The summed E-state index contributed by atoms with van der Waals surface area (Å²) in [5.74, 6) is 0.0300. The highest BCUT2D eigenvalue weighted by molar-refractivity contribution is 5.81. The summed E-state index contributed by atoms with van der Waals surface area (Å²) in [5.41, 5.74) is 7.91. The molecule has 0 saturated heterocycles. The van der Waals surface area contributed by atoms with Gasteiger partial charge in [-0.2, -0.15) is 0 Å². The van der Waals surface area contributed by atoms with Gasteiger partial charge in [-0.05, 0) is 17.5 Å². The largest absolute Gasteiger partial charge is 0.396 e. The molecule has 0 aliphatic rings. The maximum Gasteiger partial charge on any atom is 0.0526 e. The van der Waals surface area contributed by atoms with Gasteiger partial charge in [0, 0.05) is 30.7 Å². The Morgan fingerprint density at radius 2 is 2.13 bits per heavy atom. The number of rotatable bonds is 3. The highest BCUT2D eigenvalue weighted by Crippen LogP contribution is 2.23. The Kier molecular flexibility index (Phi) is 2.75. The zero-order valence-corrected chi connectivity index (χ0v) is 8.85. The Morgan fingerprint density at radius 1 is 1.40 bits per heavy atom. The van der Waals surface area contributed by atoms with Crippen LogP contribution in [0, 0.1) is 0 Å². The van der Waals surface area contributed by atoms with Gasteiger partial charge in [0.1, 0.15) is 0 Å². The number of para-hydroxylation sites is 1. The van der Waals surface area contributed by atoms with Gasteiger partial charge < -0.3 is 15.4 Å². The van der Waals surface area contributed by atoms with E-state index in [0.29, 0.717) is 6.54 Å². The summed E-state index contributed by atoms with van der Waals surface area (Å²) in [4.78, 5) is 0. The van der Waals surface area contributed by atoms with Crippen LogP contribution in [0.15, 0.2) is 30.3 Å². The number of hydrogen-bond donors (Lipinski definition) is 2. The summed E-state index contributed by atoms with van der Waals surface area (Å²) in [7, 11) is 2.01. The maximum absolute atomic E-state index is 9.24. The third-order valence-electron chi connectivity index (χ3n) is 2.91. The highest BCUT2D eigenvalue weighted by Gasteiger charge is 2.13. The van der Waals surface area contributed by atoms with Crippen LogP contribution in [-0.4, -0.2) is 22.8 Å². The molecule has 1 atom stereocenters. The number of aliphatic hydroxyl groups is 1. The molecule has 1 unspecified atom stereocenters. The van der Waals surface area contributed by atoms with Crippen LogP contribution in [0.2, 0.25) is 0 Å². The molecule has 1 aromatic carbocycles. The minimum Gasteiger partial charge on any atom is -0.396 e. The SMILES string of the molecule is Cn1c(C(CN)CO)cc2ccccc21. The molecule has 2 aromatic rings. The molecule has 0 amide bonds. The van der Waals surface area contributed by atoms with Gasteiger partial charge in [0.05, 0.1) is 6.61 Å². The number of benzene rings is 1. The zero-order valence-electron chi connectivity index (χ0n) is 8.85. The molecule has 2 rings (SSSR count). The van der Waals surface area contributed by atoms with E-state index in [1.807, 2.05) is 19.2 Å². The van der Waals surface area contributed by atoms with Gasteiger partial charge >= 0.3 is 0 Å². The molecule has 1 aromatic heterocycles. The molecule has 15 heavy (non-hydrogen) atoms. The van der Waals surface area contributed by atoms with E-state index in [4.69, 9.17) is 5.73 Å². The Labute approximate surface area is 89.1 Å². The normalized spacial score (nSPS) is 13.3. The summed E-state index contributed by atoms with van der Waals surface area (Å²) >= 11 is 0. The Morgan fingerprint density at radius 3 is 2.73 bits per heavy atom. The van der Waals surface area contributed by atoms with Crippen LogP contribution in [0.4, 0.5) is 0 Å². The average Bonchev–Trinajstić information content (AvgIpc) is 2.60. The van der Waals surface area contributed by atoms with Gasteiger partial charge in [0.2, 0.25) is 0 Å². The molecule has 0 aliphatic carbocycles. The van der Waals surface area contributed by atoms with Gasteiger partial charge in [0.15, 0.2) is 0 Å². The van der Waals surface area contributed by atoms with Crippen LogP contribution in [0.25, 0.3) is 10.9 Å². The standard InChI is InChI=1S/C12H16N2O/c1-14-11-5-3-2-4-9(11)6-12(14)10(7-13)8-15/h2-6,10,15H,7-8,13H2,1H3. The van der Waals surface area contributed by atoms with Crippen molar-refractivity contribution in [3.8, 4) is 0 Å². The third kappa shape index (κ3) is 1.64. The smallest absolute Gasteiger partial charge is 0.0526 e. The lowest BCUT2D eigenvalue weighted by Gasteiger charge is -2.12. The topological polar surface area (TPSA) is 51.2 Å². The molecule has 0 radical (unpaired) electrons. The predicted octanol–water partition coefficient (Wildman–Crippen LogP) is 1.21. The van der Waals surface area contributed by atoms with Crippen LogP contribution >= 0.6 is 0 Å². The van der Waals surface area contributed by atoms with E-state index in [0.717, 1.165) is 5.69 Å². The quantitative estimate of drug-likeness (QED) is 0.789. The third-order valence-corrected chi connectivity index (χ3v) is 2.91. The number of aryl methyl sites for hydroxylation is 1. The first-order valence-corrected chi connectivity index (χ1v) is 5.13. The van der Waals surface area contributed by atoms with Crippen molar-refractivity contribution in [3.63, 3.8) is 0 Å². The number of aliphatic hydroxyl groups excluding tert-OH is 1. The molecule has 0 spiro atoms. The maximum atomic E-state index is 9.24. The molecule has 0 fully saturated rings. The fourth-order valence-electron chi connectivity index (χ4n) is 1.99. The van der Waals surface area contributed by atoms with Crippen molar-refractivity contribution in [2.45, 2.75) is 5.92 Å². The van der Waals surface area contributed by atoms with Crippen molar-refractivity contribution < 1.29 is 5.11 Å². The average molecular weight is 204 g/mol. The second kappa shape index (κ2) is 4.04. The van der Waals surface area contributed by atoms with Gasteiger partial charge in [0.25, 0.3) is 0 Å². The Hall–Kier alpha value is -1.32. The first kappa shape index (κ1) is 10.2. The van der Waals surface area contributed by atoms with Crippen molar-refractivity contribution in [3.05, 3.63) is 36.0 Å². The highest BCUT2D eigenvalue weighted by atomic mass is 16.3. The molecule has 3 nitrogen and oxygen atoms in total. The zero-order chi connectivity index (χ0) is 10.8. The molecule has 3 heteroatoms. The summed E-state index contributed by atoms with van der Waals surface area (Å²) in [6.07, 6.45) is 0. The van der Waals surface area contributed by atoms with Crippen LogP contribution in [0.1, 0.15) is 11.6 Å². The lowest BCUT2D eigenvalue weighted by atomic mass is 10.1. The van der Waals surface area contributed by atoms with Crippen molar-refractivity contribution in [2.24, 2.45) is 12.8 Å². The monoisotopic (exact) mass is 204 g/mol. The molecule has 1 heterocycles. The number of hydrogen-bond acceptors (Lipinski definition) is 2. The number of nitrogens with two attached hydrogens (primary N) is 1. The van der Waals surface area contributed by atoms with Gasteiger partial charge in [-0.3, -0.25) is 0 Å². The molecule has 0 bridgehead atoms. The van der Waals surface area contributed by atoms with Gasteiger partial charge in [-0.15, -0.1) is 0 Å². The summed E-state index contributed by atoms with van der Waals surface area (Å²) in [6, 6.07) is 10.3. The lowest BCUT2D eigenvalue weighted by molar-refractivity contribution is 0.264. The summed E-state index contributed by atoms with van der Waals surface area (Å²) < 4.78 is 2.10. The van der Waals surface area contributed by atoms with E-state index < -0.39 is 0 Å². The van der Waals surface area contributed by atoms with Crippen molar-refractivity contribution in [2.75, 3.05) is 13.2 Å². The Bertz CT molecular complexity index is 458. The van der Waals surface area contributed by atoms with Gasteiger partial charge in [-0.1, -0.05) is 18.2 Å².